The molecule has 2 N–H and O–H groups in total. The fraction of sp³-hybridized carbons (Fsp3) is 0.421. The number of aromatic nitrogens is 3. The lowest BCUT2D eigenvalue weighted by Gasteiger charge is -2.28. The van der Waals surface area contributed by atoms with Gasteiger partial charge in [-0.2, -0.15) is 9.78 Å². The first kappa shape index (κ1) is 20.2. The number of hydrogen-bond acceptors (Lipinski definition) is 5. The SMILES string of the molecule is C=CCn1cnn(C[NH+](C)CC(=O)Nc2ccc(N3CCOCC3)cc2)c1=S. The number of carbonyl (C=O) groups is 1. The second-order valence-corrected chi connectivity index (χ2v) is 7.21. The Morgan fingerprint density at radius 1 is 1.36 bits per heavy atom. The van der Waals surface area contributed by atoms with Crippen LogP contribution in [-0.4, -0.2) is 60.2 Å². The van der Waals surface area contributed by atoms with Crippen LogP contribution in [0.2, 0.25) is 0 Å². The maximum absolute atomic E-state index is 12.4. The van der Waals surface area contributed by atoms with Crippen molar-refractivity contribution >= 4 is 29.5 Å². The predicted octanol–water partition coefficient (Wildman–Crippen LogP) is 0.548. The van der Waals surface area contributed by atoms with Crippen molar-refractivity contribution in [3.05, 3.63) is 48.0 Å². The summed E-state index contributed by atoms with van der Waals surface area (Å²) in [5, 5.41) is 7.23. The highest BCUT2D eigenvalue weighted by atomic mass is 32.1. The van der Waals surface area contributed by atoms with Crippen LogP contribution in [0, 0.1) is 4.77 Å². The van der Waals surface area contributed by atoms with Gasteiger partial charge in [0.25, 0.3) is 5.91 Å². The minimum Gasteiger partial charge on any atom is -0.378 e. The molecule has 1 aromatic heterocycles. The van der Waals surface area contributed by atoms with Gasteiger partial charge >= 0.3 is 0 Å². The number of morpholine rings is 1. The van der Waals surface area contributed by atoms with Crippen LogP contribution in [0.15, 0.2) is 43.2 Å². The number of allylic oxidation sites excluding steroid dienone is 1. The number of nitrogens with zero attached hydrogens (tertiary/aromatic N) is 4. The Balaban J connectivity index is 1.50. The maximum atomic E-state index is 12.4. The second-order valence-electron chi connectivity index (χ2n) is 6.84. The maximum Gasteiger partial charge on any atom is 0.279 e. The fourth-order valence-electron chi connectivity index (χ4n) is 3.11. The highest BCUT2D eigenvalue weighted by molar-refractivity contribution is 7.71. The Bertz CT molecular complexity index is 854. The molecule has 2 heterocycles. The monoisotopic (exact) mass is 403 g/mol. The van der Waals surface area contributed by atoms with Gasteiger partial charge < -0.3 is 24.4 Å². The molecule has 1 aliphatic heterocycles. The van der Waals surface area contributed by atoms with E-state index in [-0.39, 0.29) is 5.91 Å². The van der Waals surface area contributed by atoms with Gasteiger partial charge in [0, 0.05) is 31.0 Å². The van der Waals surface area contributed by atoms with Crippen LogP contribution < -0.4 is 15.1 Å². The van der Waals surface area contributed by atoms with Gasteiger partial charge in [0.1, 0.15) is 6.33 Å². The minimum absolute atomic E-state index is 0.0475. The first-order chi connectivity index (χ1) is 13.6. The van der Waals surface area contributed by atoms with Crippen molar-refractivity contribution in [2.75, 3.05) is 50.1 Å². The average Bonchev–Trinajstić information content (AvgIpc) is 3.03. The van der Waals surface area contributed by atoms with E-state index < -0.39 is 0 Å². The molecule has 1 aromatic carbocycles. The summed E-state index contributed by atoms with van der Waals surface area (Å²) in [4.78, 5) is 15.6. The molecule has 0 spiro atoms. The number of benzene rings is 1. The van der Waals surface area contributed by atoms with Gasteiger partial charge in [-0.1, -0.05) is 6.08 Å². The first-order valence-electron chi connectivity index (χ1n) is 9.34. The van der Waals surface area contributed by atoms with Crippen molar-refractivity contribution in [1.29, 1.82) is 0 Å². The van der Waals surface area contributed by atoms with E-state index in [1.807, 2.05) is 35.9 Å². The molecule has 1 aliphatic rings. The van der Waals surface area contributed by atoms with E-state index in [1.165, 1.54) is 0 Å². The van der Waals surface area contributed by atoms with Gasteiger partial charge in [0.15, 0.2) is 13.2 Å². The molecule has 28 heavy (non-hydrogen) atoms. The van der Waals surface area contributed by atoms with Crippen molar-refractivity contribution in [1.82, 2.24) is 14.3 Å². The number of amides is 1. The van der Waals surface area contributed by atoms with Crippen LogP contribution in [0.1, 0.15) is 0 Å². The molecule has 1 amide bonds. The lowest BCUT2D eigenvalue weighted by Crippen LogP contribution is -3.09. The predicted molar refractivity (Wildman–Crippen MR) is 111 cm³/mol. The van der Waals surface area contributed by atoms with Crippen molar-refractivity contribution < 1.29 is 14.4 Å². The van der Waals surface area contributed by atoms with Crippen LogP contribution in [0.4, 0.5) is 11.4 Å². The quantitative estimate of drug-likeness (QED) is 0.498. The molecule has 0 aliphatic carbocycles. The van der Waals surface area contributed by atoms with Gasteiger partial charge in [-0.3, -0.25) is 4.79 Å². The van der Waals surface area contributed by atoms with Crippen LogP contribution in [0.3, 0.4) is 0 Å². The highest BCUT2D eigenvalue weighted by Gasteiger charge is 2.14. The molecular weight excluding hydrogens is 376 g/mol. The summed E-state index contributed by atoms with van der Waals surface area (Å²) in [5.41, 5.74) is 1.94. The molecule has 1 fully saturated rings. The number of hydrogen-bond donors (Lipinski definition) is 2. The third-order valence-electron chi connectivity index (χ3n) is 4.53. The van der Waals surface area contributed by atoms with Crippen molar-refractivity contribution in [3.8, 4) is 0 Å². The van der Waals surface area contributed by atoms with Gasteiger partial charge in [-0.05, 0) is 36.5 Å². The van der Waals surface area contributed by atoms with Crippen LogP contribution in [0.25, 0.3) is 0 Å². The molecule has 0 radical (unpaired) electrons. The number of anilines is 2. The summed E-state index contributed by atoms with van der Waals surface area (Å²) in [6, 6.07) is 7.93. The fourth-order valence-corrected chi connectivity index (χ4v) is 3.35. The lowest BCUT2D eigenvalue weighted by atomic mass is 10.2. The summed E-state index contributed by atoms with van der Waals surface area (Å²) in [5.74, 6) is -0.0475. The minimum atomic E-state index is -0.0475. The molecule has 1 saturated heterocycles. The second kappa shape index (κ2) is 9.63. The normalized spacial score (nSPS) is 15.2. The zero-order chi connectivity index (χ0) is 19.9. The first-order valence-corrected chi connectivity index (χ1v) is 9.74. The topological polar surface area (TPSA) is 68.8 Å². The zero-order valence-corrected chi connectivity index (χ0v) is 17.0. The van der Waals surface area contributed by atoms with E-state index in [0.29, 0.717) is 24.5 Å². The summed E-state index contributed by atoms with van der Waals surface area (Å²) in [7, 11) is 1.94. The number of ether oxygens (including phenoxy) is 1. The van der Waals surface area contributed by atoms with Crippen LogP contribution in [-0.2, 0) is 22.7 Å². The zero-order valence-electron chi connectivity index (χ0n) is 16.1. The van der Waals surface area contributed by atoms with Crippen molar-refractivity contribution in [2.45, 2.75) is 13.2 Å². The number of carbonyl (C=O) groups excluding carboxylic acids is 1. The molecule has 150 valence electrons. The van der Waals surface area contributed by atoms with Gasteiger partial charge in [0.05, 0.1) is 20.3 Å². The molecule has 2 aromatic rings. The van der Waals surface area contributed by atoms with E-state index >= 15 is 0 Å². The molecular formula is C19H27N6O2S+. The summed E-state index contributed by atoms with van der Waals surface area (Å²) in [6.07, 6.45) is 3.46. The Kier molecular flexibility index (Phi) is 6.96. The van der Waals surface area contributed by atoms with Crippen LogP contribution >= 0.6 is 12.2 Å². The lowest BCUT2D eigenvalue weighted by molar-refractivity contribution is -0.895. The Morgan fingerprint density at radius 3 is 2.75 bits per heavy atom. The van der Waals surface area contributed by atoms with E-state index in [9.17, 15) is 4.79 Å². The van der Waals surface area contributed by atoms with E-state index in [1.54, 1.807) is 17.1 Å². The van der Waals surface area contributed by atoms with Crippen molar-refractivity contribution in [2.24, 2.45) is 0 Å². The van der Waals surface area contributed by atoms with Crippen molar-refractivity contribution in [3.63, 3.8) is 0 Å². The number of likely N-dealkylation sites (N-methyl/N-ethyl adjacent to an activating group) is 1. The summed E-state index contributed by atoms with van der Waals surface area (Å²) < 4.78 is 9.56. The molecule has 0 saturated carbocycles. The number of quaternary nitrogens is 1. The molecule has 9 heteroatoms. The summed E-state index contributed by atoms with van der Waals surface area (Å²) >= 11 is 5.38. The van der Waals surface area contributed by atoms with Gasteiger partial charge in [-0.25, -0.2) is 0 Å². The highest BCUT2D eigenvalue weighted by Crippen LogP contribution is 2.18. The Morgan fingerprint density at radius 2 is 2.07 bits per heavy atom. The molecule has 3 rings (SSSR count). The number of nitrogens with one attached hydrogen (secondary N) is 2. The number of rotatable bonds is 8. The van der Waals surface area contributed by atoms with Gasteiger partial charge in [0.2, 0.25) is 4.77 Å². The van der Waals surface area contributed by atoms with Gasteiger partial charge in [-0.15, -0.1) is 6.58 Å². The smallest absolute Gasteiger partial charge is 0.279 e. The largest absolute Gasteiger partial charge is 0.378 e. The molecule has 8 nitrogen and oxygen atoms in total. The third-order valence-corrected chi connectivity index (χ3v) is 4.98. The Labute approximate surface area is 170 Å². The van der Waals surface area contributed by atoms with Crippen LogP contribution in [0.5, 0.6) is 0 Å². The van der Waals surface area contributed by atoms with E-state index in [4.69, 9.17) is 17.0 Å². The van der Waals surface area contributed by atoms with E-state index in [2.05, 4.69) is 21.9 Å². The molecule has 0 bridgehead atoms. The molecule has 1 unspecified atom stereocenters. The average molecular weight is 404 g/mol. The summed E-state index contributed by atoms with van der Waals surface area (Å²) in [6.45, 7) is 8.47. The standard InChI is InChI=1S/C19H26N6O2S/c1-3-8-24-14-20-25(19(24)28)15-22(2)13-18(26)21-16-4-6-17(7-5-16)23-9-11-27-12-10-23/h3-7,14H,1,8-13,15H2,2H3,(H,21,26)/p+1. The Hall–Kier alpha value is -2.49. The third kappa shape index (κ3) is 5.28. The van der Waals surface area contributed by atoms with E-state index in [0.717, 1.165) is 42.6 Å². The molecule has 1 atom stereocenters.